The maximum absolute atomic E-state index is 11.9. The third-order valence-corrected chi connectivity index (χ3v) is 5.35. The zero-order chi connectivity index (χ0) is 13.8. The molecule has 0 heterocycles. The summed E-state index contributed by atoms with van der Waals surface area (Å²) in [6, 6.07) is -0.168. The van der Waals surface area contributed by atoms with Crippen LogP contribution >= 0.6 is 0 Å². The molecule has 0 aromatic rings. The molecule has 0 bridgehead atoms. The molecule has 1 aliphatic rings. The normalized spacial score (nSPS) is 24.8. The summed E-state index contributed by atoms with van der Waals surface area (Å²) in [5, 5.41) is -0.405. The number of carbonyl (C=O) groups is 1. The van der Waals surface area contributed by atoms with Gasteiger partial charge in [0.25, 0.3) is 0 Å². The molecule has 5 nitrogen and oxygen atoms in total. The zero-order valence-electron chi connectivity index (χ0n) is 11.3. The van der Waals surface area contributed by atoms with Crippen molar-refractivity contribution in [1.82, 2.24) is 4.90 Å². The van der Waals surface area contributed by atoms with E-state index in [1.165, 1.54) is 6.26 Å². The largest absolute Gasteiger partial charge is 0.341 e. The van der Waals surface area contributed by atoms with Gasteiger partial charge in [-0.3, -0.25) is 4.79 Å². The van der Waals surface area contributed by atoms with Gasteiger partial charge in [-0.25, -0.2) is 8.42 Å². The van der Waals surface area contributed by atoms with Crippen molar-refractivity contribution in [2.45, 2.75) is 49.8 Å². The van der Waals surface area contributed by atoms with Crippen LogP contribution in [0.15, 0.2) is 0 Å². The van der Waals surface area contributed by atoms with Crippen molar-refractivity contribution in [2.24, 2.45) is 5.73 Å². The van der Waals surface area contributed by atoms with Crippen molar-refractivity contribution in [1.29, 1.82) is 0 Å². The molecule has 0 unspecified atom stereocenters. The second-order valence-corrected chi connectivity index (χ2v) is 7.38. The Morgan fingerprint density at radius 2 is 1.94 bits per heavy atom. The summed E-state index contributed by atoms with van der Waals surface area (Å²) in [7, 11) is -1.38. The van der Waals surface area contributed by atoms with Crippen LogP contribution in [-0.2, 0) is 14.6 Å². The average Bonchev–Trinajstić information content (AvgIpc) is 2.34. The molecule has 1 rings (SSSR count). The summed E-state index contributed by atoms with van der Waals surface area (Å²) < 4.78 is 23.6. The maximum Gasteiger partial charge on any atom is 0.222 e. The molecular formula is C12H24N2O3S. The van der Waals surface area contributed by atoms with Gasteiger partial charge in [-0.05, 0) is 25.8 Å². The number of sulfone groups is 1. The van der Waals surface area contributed by atoms with E-state index < -0.39 is 15.1 Å². The fourth-order valence-corrected chi connectivity index (χ4v) is 4.12. The van der Waals surface area contributed by atoms with Gasteiger partial charge in [-0.2, -0.15) is 0 Å². The van der Waals surface area contributed by atoms with Crippen LogP contribution in [0.4, 0.5) is 0 Å². The van der Waals surface area contributed by atoms with Crippen LogP contribution in [0.25, 0.3) is 0 Å². The smallest absolute Gasteiger partial charge is 0.222 e. The molecule has 0 aliphatic heterocycles. The van der Waals surface area contributed by atoms with Crippen LogP contribution in [0.1, 0.15) is 38.5 Å². The minimum atomic E-state index is -3.09. The quantitative estimate of drug-likeness (QED) is 0.794. The van der Waals surface area contributed by atoms with Crippen molar-refractivity contribution < 1.29 is 13.2 Å². The Bertz CT molecular complexity index is 381. The summed E-state index contributed by atoms with van der Waals surface area (Å²) in [4.78, 5) is 13.6. The van der Waals surface area contributed by atoms with E-state index in [1.54, 1.807) is 11.9 Å². The number of nitrogens with two attached hydrogens (primary N) is 1. The average molecular weight is 276 g/mol. The fourth-order valence-electron chi connectivity index (χ4n) is 2.63. The minimum absolute atomic E-state index is 0.000926. The molecule has 18 heavy (non-hydrogen) atoms. The fraction of sp³-hybridized carbons (Fsp3) is 0.917. The van der Waals surface area contributed by atoms with E-state index in [-0.39, 0.29) is 11.9 Å². The molecule has 0 saturated heterocycles. The molecule has 0 radical (unpaired) electrons. The number of carbonyl (C=O) groups excluding carboxylic acids is 1. The molecule has 0 aromatic carbocycles. The van der Waals surface area contributed by atoms with Gasteiger partial charge in [0.05, 0.1) is 5.25 Å². The van der Waals surface area contributed by atoms with Gasteiger partial charge in [0.1, 0.15) is 0 Å². The molecule has 2 atom stereocenters. The summed E-state index contributed by atoms with van der Waals surface area (Å²) >= 11 is 0. The highest BCUT2D eigenvalue weighted by Crippen LogP contribution is 2.27. The van der Waals surface area contributed by atoms with Crippen LogP contribution in [0.5, 0.6) is 0 Å². The van der Waals surface area contributed by atoms with Crippen LogP contribution < -0.4 is 5.73 Å². The topological polar surface area (TPSA) is 80.5 Å². The van der Waals surface area contributed by atoms with Gasteiger partial charge in [-0.1, -0.05) is 12.8 Å². The first kappa shape index (κ1) is 15.4. The summed E-state index contributed by atoms with van der Waals surface area (Å²) in [5.41, 5.74) is 5.39. The Morgan fingerprint density at radius 1 is 1.33 bits per heavy atom. The highest BCUT2D eigenvalue weighted by Gasteiger charge is 2.36. The molecule has 0 aromatic heterocycles. The Balaban J connectivity index is 2.74. The van der Waals surface area contributed by atoms with Crippen molar-refractivity contribution in [3.05, 3.63) is 0 Å². The Kier molecular flexibility index (Phi) is 5.59. The van der Waals surface area contributed by atoms with Gasteiger partial charge in [-0.15, -0.1) is 0 Å². The molecule has 0 spiro atoms. The molecule has 1 aliphatic carbocycles. The molecule has 106 valence electrons. The second-order valence-electron chi connectivity index (χ2n) is 5.12. The first-order valence-corrected chi connectivity index (χ1v) is 8.48. The Labute approximate surface area is 110 Å². The summed E-state index contributed by atoms with van der Waals surface area (Å²) in [5.74, 6) is 0.000926. The molecule has 2 N–H and O–H groups in total. The van der Waals surface area contributed by atoms with E-state index in [2.05, 4.69) is 0 Å². The van der Waals surface area contributed by atoms with E-state index in [1.807, 2.05) is 0 Å². The lowest BCUT2D eigenvalue weighted by Gasteiger charge is -2.37. The summed E-state index contributed by atoms with van der Waals surface area (Å²) in [6.45, 7) is 0.486. The van der Waals surface area contributed by atoms with Gasteiger partial charge in [0.15, 0.2) is 9.84 Å². The minimum Gasteiger partial charge on any atom is -0.341 e. The highest BCUT2D eigenvalue weighted by atomic mass is 32.2. The second kappa shape index (κ2) is 6.52. The number of rotatable bonds is 5. The van der Waals surface area contributed by atoms with Crippen LogP contribution in [0, 0.1) is 0 Å². The van der Waals surface area contributed by atoms with Gasteiger partial charge < -0.3 is 10.6 Å². The monoisotopic (exact) mass is 276 g/mol. The van der Waals surface area contributed by atoms with Crippen molar-refractivity contribution in [3.8, 4) is 0 Å². The first-order chi connectivity index (χ1) is 8.38. The number of hydrogen-bond acceptors (Lipinski definition) is 4. The molecule has 1 saturated carbocycles. The third-order valence-electron chi connectivity index (χ3n) is 3.70. The predicted molar refractivity (Wildman–Crippen MR) is 71.9 cm³/mol. The van der Waals surface area contributed by atoms with E-state index in [0.29, 0.717) is 25.8 Å². The molecular weight excluding hydrogens is 252 g/mol. The van der Waals surface area contributed by atoms with Crippen molar-refractivity contribution in [2.75, 3.05) is 19.8 Å². The first-order valence-electron chi connectivity index (χ1n) is 6.52. The Morgan fingerprint density at radius 3 is 2.50 bits per heavy atom. The van der Waals surface area contributed by atoms with Crippen molar-refractivity contribution in [3.63, 3.8) is 0 Å². The van der Waals surface area contributed by atoms with E-state index >= 15 is 0 Å². The van der Waals surface area contributed by atoms with E-state index in [4.69, 9.17) is 5.73 Å². The lowest BCUT2D eigenvalue weighted by atomic mass is 9.93. The van der Waals surface area contributed by atoms with Gasteiger partial charge in [0, 0.05) is 25.8 Å². The third kappa shape index (κ3) is 3.95. The standard InChI is InChI=1S/C12H24N2O3S/c1-14(12(15)8-5-9-13)10-6-3-4-7-11(10)18(2,16)17/h10-11H,3-9,13H2,1-2H3/t10-,11-/m0/s1. The van der Waals surface area contributed by atoms with E-state index in [9.17, 15) is 13.2 Å². The highest BCUT2D eigenvalue weighted by molar-refractivity contribution is 7.91. The van der Waals surface area contributed by atoms with Crippen molar-refractivity contribution >= 4 is 15.7 Å². The van der Waals surface area contributed by atoms with Crippen LogP contribution in [0.2, 0.25) is 0 Å². The molecule has 1 amide bonds. The summed E-state index contributed by atoms with van der Waals surface area (Å²) in [6.07, 6.45) is 5.69. The van der Waals surface area contributed by atoms with Crippen LogP contribution in [-0.4, -0.2) is 50.4 Å². The predicted octanol–water partition coefficient (Wildman–Crippen LogP) is 0.540. The lowest BCUT2D eigenvalue weighted by molar-refractivity contribution is -0.132. The van der Waals surface area contributed by atoms with Gasteiger partial charge in [0.2, 0.25) is 5.91 Å². The van der Waals surface area contributed by atoms with Gasteiger partial charge >= 0.3 is 0 Å². The zero-order valence-corrected chi connectivity index (χ0v) is 12.1. The van der Waals surface area contributed by atoms with Crippen LogP contribution in [0.3, 0.4) is 0 Å². The number of nitrogens with zero attached hydrogens (tertiary/aromatic N) is 1. The Hall–Kier alpha value is -0.620. The number of amides is 1. The van der Waals surface area contributed by atoms with E-state index in [0.717, 1.165) is 19.3 Å². The lowest BCUT2D eigenvalue weighted by Crippen LogP contribution is -2.49. The molecule has 1 fully saturated rings. The maximum atomic E-state index is 11.9. The SMILES string of the molecule is CN(C(=O)CCCN)[C@H]1CCCC[C@@H]1S(C)(=O)=O. The number of hydrogen-bond donors (Lipinski definition) is 1. The molecule has 6 heteroatoms.